The van der Waals surface area contributed by atoms with Crippen LogP contribution in [0.25, 0.3) is 11.1 Å². The summed E-state index contributed by atoms with van der Waals surface area (Å²) >= 11 is 0. The van der Waals surface area contributed by atoms with Crippen molar-refractivity contribution in [3.8, 4) is 11.1 Å². The second-order valence-corrected chi connectivity index (χ2v) is 8.32. The van der Waals surface area contributed by atoms with E-state index in [0.29, 0.717) is 29.1 Å². The molecule has 2 aliphatic rings. The third kappa shape index (κ3) is 4.10. The fourth-order valence-corrected chi connectivity index (χ4v) is 3.85. The van der Waals surface area contributed by atoms with E-state index in [4.69, 9.17) is 4.52 Å². The second kappa shape index (κ2) is 7.63. The molecule has 3 aromatic rings. The number of hydrogen-bond donors (Lipinski definition) is 1. The molecule has 1 unspecified atom stereocenters. The normalized spacial score (nSPS) is 17.0. The molecule has 2 saturated carbocycles. The van der Waals surface area contributed by atoms with E-state index in [1.807, 2.05) is 18.2 Å². The van der Waals surface area contributed by atoms with Crippen molar-refractivity contribution in [2.24, 2.45) is 5.92 Å². The number of aromatic nitrogens is 3. The van der Waals surface area contributed by atoms with Gasteiger partial charge in [-0.3, -0.25) is 4.79 Å². The number of nitrogens with one attached hydrogen (secondary N) is 1. The van der Waals surface area contributed by atoms with E-state index in [0.717, 1.165) is 30.4 Å². The summed E-state index contributed by atoms with van der Waals surface area (Å²) in [5.74, 6) is 1.39. The molecular formula is C23H23FN4O2. The maximum Gasteiger partial charge on any atom is 0.251 e. The standard InChI is InChI=1S/C23H23FN4O2/c1-13-26-22(28-30-13)20(10-14-2-3-14)27-23(29)16-6-8-18(15-4-5-15)19(11-16)17-7-9-21(24)25-12-17/h6-9,11-12,14-15,20H,2-5,10H2,1H3,(H,27,29). The maximum atomic E-state index is 13.3. The SMILES string of the molecule is Cc1nc(C(CC2CC2)NC(=O)c2ccc(C3CC3)c(-c3ccc(F)nc3)c2)no1. The first kappa shape index (κ1) is 18.9. The minimum Gasteiger partial charge on any atom is -0.342 e. The Hall–Kier alpha value is -3.09. The predicted molar refractivity (Wildman–Crippen MR) is 108 cm³/mol. The highest BCUT2D eigenvalue weighted by Crippen LogP contribution is 2.44. The summed E-state index contributed by atoms with van der Waals surface area (Å²) in [5, 5.41) is 7.10. The first-order valence-electron chi connectivity index (χ1n) is 10.4. The van der Waals surface area contributed by atoms with Crippen molar-refractivity contribution >= 4 is 5.91 Å². The van der Waals surface area contributed by atoms with E-state index in [1.165, 1.54) is 30.7 Å². The summed E-state index contributed by atoms with van der Waals surface area (Å²) in [7, 11) is 0. The lowest BCUT2D eigenvalue weighted by molar-refractivity contribution is 0.0931. The highest BCUT2D eigenvalue weighted by atomic mass is 19.1. The summed E-state index contributed by atoms with van der Waals surface area (Å²) < 4.78 is 18.4. The van der Waals surface area contributed by atoms with Crippen molar-refractivity contribution in [1.82, 2.24) is 20.4 Å². The summed E-state index contributed by atoms with van der Waals surface area (Å²) in [6, 6.07) is 8.54. The van der Waals surface area contributed by atoms with Crippen molar-refractivity contribution < 1.29 is 13.7 Å². The maximum absolute atomic E-state index is 13.3. The van der Waals surface area contributed by atoms with Crippen LogP contribution in [0.1, 0.15) is 71.7 Å². The Morgan fingerprint density at radius 1 is 1.23 bits per heavy atom. The fraction of sp³-hybridized carbons (Fsp3) is 0.391. The Morgan fingerprint density at radius 3 is 2.70 bits per heavy atom. The van der Waals surface area contributed by atoms with Crippen molar-refractivity contribution in [1.29, 1.82) is 0 Å². The first-order chi connectivity index (χ1) is 14.6. The lowest BCUT2D eigenvalue weighted by atomic mass is 9.95. The van der Waals surface area contributed by atoms with Crippen LogP contribution in [-0.4, -0.2) is 21.0 Å². The monoisotopic (exact) mass is 406 g/mol. The first-order valence-corrected chi connectivity index (χ1v) is 10.4. The Morgan fingerprint density at radius 2 is 2.07 bits per heavy atom. The third-order valence-corrected chi connectivity index (χ3v) is 5.80. The Kier molecular flexibility index (Phi) is 4.81. The topological polar surface area (TPSA) is 80.9 Å². The van der Waals surface area contributed by atoms with Gasteiger partial charge in [-0.2, -0.15) is 9.37 Å². The van der Waals surface area contributed by atoms with Gasteiger partial charge in [0, 0.05) is 24.2 Å². The summed E-state index contributed by atoms with van der Waals surface area (Å²) in [4.78, 5) is 21.2. The molecule has 2 heterocycles. The molecule has 6 nitrogen and oxygen atoms in total. The predicted octanol–water partition coefficient (Wildman–Crippen LogP) is 4.73. The summed E-state index contributed by atoms with van der Waals surface area (Å²) in [5.41, 5.74) is 3.49. The van der Waals surface area contributed by atoms with E-state index in [2.05, 4.69) is 20.4 Å². The number of benzene rings is 1. The van der Waals surface area contributed by atoms with Gasteiger partial charge in [-0.25, -0.2) is 4.98 Å². The minimum absolute atomic E-state index is 0.179. The minimum atomic E-state index is -0.515. The van der Waals surface area contributed by atoms with Gasteiger partial charge in [0.2, 0.25) is 11.8 Å². The van der Waals surface area contributed by atoms with Gasteiger partial charge in [0.05, 0.1) is 6.04 Å². The lowest BCUT2D eigenvalue weighted by Crippen LogP contribution is -2.29. The van der Waals surface area contributed by atoms with Crippen molar-refractivity contribution in [2.45, 2.75) is 51.0 Å². The third-order valence-electron chi connectivity index (χ3n) is 5.80. The van der Waals surface area contributed by atoms with Gasteiger partial charge in [0.25, 0.3) is 5.91 Å². The average molecular weight is 406 g/mol. The molecule has 2 aliphatic carbocycles. The zero-order chi connectivity index (χ0) is 20.7. The van der Waals surface area contributed by atoms with Crippen LogP contribution in [0.4, 0.5) is 4.39 Å². The number of hydrogen-bond acceptors (Lipinski definition) is 5. The van der Waals surface area contributed by atoms with E-state index >= 15 is 0 Å². The summed E-state index contributed by atoms with van der Waals surface area (Å²) in [6.45, 7) is 1.74. The quantitative estimate of drug-likeness (QED) is 0.574. The molecule has 154 valence electrons. The van der Waals surface area contributed by atoms with Crippen molar-refractivity contribution in [3.05, 3.63) is 65.3 Å². The molecule has 1 aromatic carbocycles. The number of amides is 1. The van der Waals surface area contributed by atoms with Crippen LogP contribution in [0, 0.1) is 18.8 Å². The van der Waals surface area contributed by atoms with Crippen molar-refractivity contribution in [2.75, 3.05) is 0 Å². The Labute approximate surface area is 173 Å². The molecule has 1 N–H and O–H groups in total. The van der Waals surface area contributed by atoms with Crippen molar-refractivity contribution in [3.63, 3.8) is 0 Å². The molecular weight excluding hydrogens is 383 g/mol. The van der Waals surface area contributed by atoms with Crippen LogP contribution < -0.4 is 5.32 Å². The van der Waals surface area contributed by atoms with Gasteiger partial charge in [-0.1, -0.05) is 24.1 Å². The number of carbonyl (C=O) groups is 1. The number of rotatable bonds is 7. The highest BCUT2D eigenvalue weighted by Gasteiger charge is 2.31. The van der Waals surface area contributed by atoms with Gasteiger partial charge in [-0.05, 0) is 66.5 Å². The highest BCUT2D eigenvalue weighted by molar-refractivity contribution is 5.96. The van der Waals surface area contributed by atoms with Crippen LogP contribution in [-0.2, 0) is 0 Å². The van der Waals surface area contributed by atoms with E-state index < -0.39 is 5.95 Å². The van der Waals surface area contributed by atoms with E-state index in [9.17, 15) is 9.18 Å². The largest absolute Gasteiger partial charge is 0.342 e. The molecule has 7 heteroatoms. The number of carbonyl (C=O) groups excluding carboxylic acids is 1. The number of halogens is 1. The molecule has 2 fully saturated rings. The molecule has 0 bridgehead atoms. The Balaban J connectivity index is 1.43. The molecule has 0 spiro atoms. The van der Waals surface area contributed by atoms with Gasteiger partial charge in [0.15, 0.2) is 5.82 Å². The molecule has 1 atom stereocenters. The zero-order valence-corrected chi connectivity index (χ0v) is 16.8. The molecule has 1 amide bonds. The van der Waals surface area contributed by atoms with Gasteiger partial charge < -0.3 is 9.84 Å². The van der Waals surface area contributed by atoms with Crippen LogP contribution in [0.5, 0.6) is 0 Å². The molecule has 30 heavy (non-hydrogen) atoms. The van der Waals surface area contributed by atoms with Crippen LogP contribution >= 0.6 is 0 Å². The van der Waals surface area contributed by atoms with Gasteiger partial charge >= 0.3 is 0 Å². The number of pyridine rings is 1. The molecule has 5 rings (SSSR count). The van der Waals surface area contributed by atoms with Crippen LogP contribution in [0.2, 0.25) is 0 Å². The number of aryl methyl sites for hydroxylation is 1. The molecule has 0 saturated heterocycles. The number of nitrogens with zero attached hydrogens (tertiary/aromatic N) is 3. The van der Waals surface area contributed by atoms with E-state index in [1.54, 1.807) is 13.0 Å². The average Bonchev–Trinajstić information content (AvgIpc) is 3.67. The van der Waals surface area contributed by atoms with Gasteiger partial charge in [0.1, 0.15) is 0 Å². The smallest absolute Gasteiger partial charge is 0.251 e. The van der Waals surface area contributed by atoms with Crippen LogP contribution in [0.3, 0.4) is 0 Å². The van der Waals surface area contributed by atoms with E-state index in [-0.39, 0.29) is 11.9 Å². The fourth-order valence-electron chi connectivity index (χ4n) is 3.85. The zero-order valence-electron chi connectivity index (χ0n) is 16.8. The molecule has 0 aliphatic heterocycles. The lowest BCUT2D eigenvalue weighted by Gasteiger charge is -2.16. The Bertz CT molecular complexity index is 1070. The second-order valence-electron chi connectivity index (χ2n) is 8.32. The van der Waals surface area contributed by atoms with Crippen LogP contribution in [0.15, 0.2) is 41.1 Å². The summed E-state index contributed by atoms with van der Waals surface area (Å²) in [6.07, 6.45) is 6.93. The molecule has 2 aromatic heterocycles. The molecule has 0 radical (unpaired) electrons. The van der Waals surface area contributed by atoms with Gasteiger partial charge in [-0.15, -0.1) is 0 Å².